The van der Waals surface area contributed by atoms with Crippen LogP contribution in [-0.2, 0) is 13.0 Å². The Hall–Kier alpha value is -2.47. The van der Waals surface area contributed by atoms with Crippen LogP contribution in [0.25, 0.3) is 0 Å². The van der Waals surface area contributed by atoms with E-state index in [1.54, 1.807) is 6.07 Å². The summed E-state index contributed by atoms with van der Waals surface area (Å²) in [6.45, 7) is 6.25. The molecule has 6 heteroatoms. The molecule has 1 saturated heterocycles. The summed E-state index contributed by atoms with van der Waals surface area (Å²) in [5.41, 5.74) is 1.71. The van der Waals surface area contributed by atoms with E-state index in [4.69, 9.17) is 0 Å². The maximum Gasteiger partial charge on any atom is 0.191 e. The molecule has 0 saturated carbocycles. The molecule has 156 valence electrons. The lowest BCUT2D eigenvalue weighted by Crippen LogP contribution is -2.48. The van der Waals surface area contributed by atoms with Crippen LogP contribution in [0.15, 0.2) is 53.5 Å². The van der Waals surface area contributed by atoms with E-state index >= 15 is 0 Å². The van der Waals surface area contributed by atoms with Gasteiger partial charge in [0.25, 0.3) is 0 Å². The number of aliphatic imine (C=N–C) groups is 1. The van der Waals surface area contributed by atoms with E-state index in [1.165, 1.54) is 11.6 Å². The first-order chi connectivity index (χ1) is 14.2. The molecule has 4 nitrogen and oxygen atoms in total. The van der Waals surface area contributed by atoms with Gasteiger partial charge in [0.1, 0.15) is 0 Å². The van der Waals surface area contributed by atoms with E-state index < -0.39 is 11.6 Å². The molecule has 0 bridgehead atoms. The third kappa shape index (κ3) is 6.53. The van der Waals surface area contributed by atoms with Crippen LogP contribution in [0.2, 0.25) is 0 Å². The minimum atomic E-state index is -0.807. The molecule has 2 aromatic carbocycles. The fourth-order valence-corrected chi connectivity index (χ4v) is 3.62. The van der Waals surface area contributed by atoms with Crippen molar-refractivity contribution in [1.82, 2.24) is 15.5 Å². The fraction of sp³-hybridized carbons (Fsp3) is 0.435. The van der Waals surface area contributed by atoms with Crippen LogP contribution in [0, 0.1) is 11.6 Å². The lowest BCUT2D eigenvalue weighted by Gasteiger charge is -2.33. The van der Waals surface area contributed by atoms with E-state index in [1.807, 2.05) is 13.0 Å². The summed E-state index contributed by atoms with van der Waals surface area (Å²) in [5, 5.41) is 6.75. The second-order valence-electron chi connectivity index (χ2n) is 7.40. The normalized spacial score (nSPS) is 16.0. The van der Waals surface area contributed by atoms with Gasteiger partial charge in [0.05, 0.1) is 0 Å². The maximum absolute atomic E-state index is 13.8. The van der Waals surface area contributed by atoms with Crippen LogP contribution >= 0.6 is 0 Å². The number of nitrogens with zero attached hydrogens (tertiary/aromatic N) is 2. The Labute approximate surface area is 172 Å². The summed E-state index contributed by atoms with van der Waals surface area (Å²) in [7, 11) is 0. The molecule has 1 fully saturated rings. The highest BCUT2D eigenvalue weighted by Gasteiger charge is 2.20. The number of guanidine groups is 1. The summed E-state index contributed by atoms with van der Waals surface area (Å²) < 4.78 is 27.1. The molecule has 29 heavy (non-hydrogen) atoms. The smallest absolute Gasteiger partial charge is 0.191 e. The molecule has 1 aliphatic heterocycles. The summed E-state index contributed by atoms with van der Waals surface area (Å²) in [6.07, 6.45) is 2.47. The molecule has 0 aliphatic carbocycles. The first-order valence-corrected chi connectivity index (χ1v) is 10.4. The molecule has 0 aromatic heterocycles. The second-order valence-corrected chi connectivity index (χ2v) is 7.40. The van der Waals surface area contributed by atoms with Gasteiger partial charge in [-0.3, -0.25) is 9.89 Å². The summed E-state index contributed by atoms with van der Waals surface area (Å²) in [5.74, 6) is -0.837. The van der Waals surface area contributed by atoms with E-state index in [2.05, 4.69) is 44.8 Å². The quantitative estimate of drug-likeness (QED) is 0.550. The zero-order chi connectivity index (χ0) is 20.5. The Morgan fingerprint density at radius 1 is 1.07 bits per heavy atom. The van der Waals surface area contributed by atoms with Crippen molar-refractivity contribution in [1.29, 1.82) is 0 Å². The van der Waals surface area contributed by atoms with Crippen molar-refractivity contribution in [3.05, 3.63) is 71.3 Å². The number of piperidine rings is 1. The van der Waals surface area contributed by atoms with Crippen LogP contribution in [0.1, 0.15) is 30.9 Å². The fourth-order valence-electron chi connectivity index (χ4n) is 3.62. The summed E-state index contributed by atoms with van der Waals surface area (Å²) >= 11 is 0. The van der Waals surface area contributed by atoms with Crippen LogP contribution in [-0.4, -0.2) is 43.1 Å². The Morgan fingerprint density at radius 3 is 2.55 bits per heavy atom. The van der Waals surface area contributed by atoms with Crippen LogP contribution < -0.4 is 10.6 Å². The van der Waals surface area contributed by atoms with E-state index in [-0.39, 0.29) is 0 Å². The SMILES string of the molecule is CCNC(=NCCc1cccc(F)c1F)NC1CCN(Cc2ccccc2)CC1. The first kappa shape index (κ1) is 21.2. The number of rotatable bonds is 7. The molecular formula is C23H30F2N4. The highest BCUT2D eigenvalue weighted by atomic mass is 19.2. The summed E-state index contributed by atoms with van der Waals surface area (Å²) in [6, 6.07) is 15.2. The zero-order valence-electron chi connectivity index (χ0n) is 17.0. The van der Waals surface area contributed by atoms with E-state index in [0.29, 0.717) is 24.6 Å². The van der Waals surface area contributed by atoms with Gasteiger partial charge in [-0.15, -0.1) is 0 Å². The van der Waals surface area contributed by atoms with Gasteiger partial charge in [0.15, 0.2) is 17.6 Å². The van der Waals surface area contributed by atoms with Gasteiger partial charge in [-0.1, -0.05) is 42.5 Å². The van der Waals surface area contributed by atoms with Crippen molar-refractivity contribution in [2.45, 2.75) is 38.8 Å². The number of benzene rings is 2. The van der Waals surface area contributed by atoms with Crippen molar-refractivity contribution in [3.63, 3.8) is 0 Å². The van der Waals surface area contributed by atoms with Gasteiger partial charge in [0, 0.05) is 38.8 Å². The van der Waals surface area contributed by atoms with Crippen LogP contribution in [0.3, 0.4) is 0 Å². The van der Waals surface area contributed by atoms with Gasteiger partial charge >= 0.3 is 0 Å². The summed E-state index contributed by atoms with van der Waals surface area (Å²) in [4.78, 5) is 7.03. The largest absolute Gasteiger partial charge is 0.357 e. The van der Waals surface area contributed by atoms with E-state index in [9.17, 15) is 8.78 Å². The molecule has 0 amide bonds. The molecule has 0 radical (unpaired) electrons. The molecule has 1 aliphatic rings. The zero-order valence-corrected chi connectivity index (χ0v) is 17.0. The Bertz CT molecular complexity index is 787. The Morgan fingerprint density at radius 2 is 1.83 bits per heavy atom. The maximum atomic E-state index is 13.8. The number of hydrogen-bond donors (Lipinski definition) is 2. The van der Waals surface area contributed by atoms with Gasteiger partial charge in [-0.25, -0.2) is 8.78 Å². The monoisotopic (exact) mass is 400 g/mol. The van der Waals surface area contributed by atoms with Gasteiger partial charge < -0.3 is 10.6 Å². The predicted molar refractivity (Wildman–Crippen MR) is 114 cm³/mol. The highest BCUT2D eigenvalue weighted by molar-refractivity contribution is 5.80. The van der Waals surface area contributed by atoms with Crippen molar-refractivity contribution < 1.29 is 8.78 Å². The topological polar surface area (TPSA) is 39.7 Å². The Kier molecular flexibility index (Phi) is 7.99. The number of likely N-dealkylation sites (tertiary alicyclic amines) is 1. The van der Waals surface area contributed by atoms with Gasteiger partial charge in [-0.2, -0.15) is 0 Å². The van der Waals surface area contributed by atoms with Crippen molar-refractivity contribution in [2.24, 2.45) is 4.99 Å². The molecule has 0 unspecified atom stereocenters. The second kappa shape index (κ2) is 10.9. The number of hydrogen-bond acceptors (Lipinski definition) is 2. The standard InChI is InChI=1S/C23H30F2N4/c1-2-26-23(27-14-11-19-9-6-10-21(24)22(19)25)28-20-12-15-29(16-13-20)17-18-7-4-3-5-8-18/h3-10,20H,2,11-17H2,1H3,(H2,26,27,28). The van der Waals surface area contributed by atoms with Crippen molar-refractivity contribution >= 4 is 5.96 Å². The van der Waals surface area contributed by atoms with Gasteiger partial charge in [-0.05, 0) is 43.4 Å². The molecule has 0 spiro atoms. The third-order valence-corrected chi connectivity index (χ3v) is 5.20. The Balaban J connectivity index is 1.47. The average molecular weight is 401 g/mol. The van der Waals surface area contributed by atoms with E-state index in [0.717, 1.165) is 51.0 Å². The molecular weight excluding hydrogens is 370 g/mol. The average Bonchev–Trinajstić information content (AvgIpc) is 2.73. The van der Waals surface area contributed by atoms with Crippen molar-refractivity contribution in [3.8, 4) is 0 Å². The predicted octanol–water partition coefficient (Wildman–Crippen LogP) is 3.73. The minimum Gasteiger partial charge on any atom is -0.357 e. The molecule has 3 rings (SSSR count). The van der Waals surface area contributed by atoms with Crippen LogP contribution in [0.4, 0.5) is 8.78 Å². The molecule has 1 heterocycles. The number of nitrogens with one attached hydrogen (secondary N) is 2. The lowest BCUT2D eigenvalue weighted by atomic mass is 10.0. The van der Waals surface area contributed by atoms with Crippen molar-refractivity contribution in [2.75, 3.05) is 26.2 Å². The molecule has 2 aromatic rings. The van der Waals surface area contributed by atoms with Crippen LogP contribution in [0.5, 0.6) is 0 Å². The van der Waals surface area contributed by atoms with Gasteiger partial charge in [0.2, 0.25) is 0 Å². The molecule has 2 N–H and O–H groups in total. The number of halogens is 2. The third-order valence-electron chi connectivity index (χ3n) is 5.20. The molecule has 0 atom stereocenters. The highest BCUT2D eigenvalue weighted by Crippen LogP contribution is 2.14. The minimum absolute atomic E-state index is 0.360. The lowest BCUT2D eigenvalue weighted by molar-refractivity contribution is 0.198. The first-order valence-electron chi connectivity index (χ1n) is 10.4.